The van der Waals surface area contributed by atoms with Gasteiger partial charge in [0.1, 0.15) is 4.83 Å². The summed E-state index contributed by atoms with van der Waals surface area (Å²) in [6, 6.07) is 10.7. The average Bonchev–Trinajstić information content (AvgIpc) is 3.22. The van der Waals surface area contributed by atoms with Crippen molar-refractivity contribution >= 4 is 27.5 Å². The zero-order chi connectivity index (χ0) is 18.3. The summed E-state index contributed by atoms with van der Waals surface area (Å²) in [6.45, 7) is 7.18. The molecule has 1 amide bonds. The molecule has 3 heterocycles. The summed E-state index contributed by atoms with van der Waals surface area (Å²) in [5.41, 5.74) is 3.24. The first-order chi connectivity index (χ1) is 12.6. The van der Waals surface area contributed by atoms with Gasteiger partial charge in [-0.15, -0.1) is 11.3 Å². The van der Waals surface area contributed by atoms with E-state index in [1.54, 1.807) is 11.3 Å². The standard InChI is InChI=1S/C21H25N3OS/c1-4-16-10-7-8-12-23(16)20(25)19-13-17-15(3)22-24(21(17)26-19)18-11-6-5-9-14(18)2/h5-6,9,11,13,16H,4,7-8,10,12H2,1-3H3/t16-/m1/s1. The number of fused-ring (bicyclic) bond motifs is 1. The van der Waals surface area contributed by atoms with Gasteiger partial charge in [0.2, 0.25) is 0 Å². The maximum atomic E-state index is 13.2. The first kappa shape index (κ1) is 17.3. The molecule has 0 aliphatic carbocycles. The van der Waals surface area contributed by atoms with Crippen molar-refractivity contribution in [2.75, 3.05) is 6.54 Å². The number of amides is 1. The van der Waals surface area contributed by atoms with E-state index in [2.05, 4.69) is 30.9 Å². The summed E-state index contributed by atoms with van der Waals surface area (Å²) in [5, 5.41) is 5.82. The Labute approximate surface area is 158 Å². The summed E-state index contributed by atoms with van der Waals surface area (Å²) < 4.78 is 1.99. The van der Waals surface area contributed by atoms with Crippen LogP contribution in [0.1, 0.15) is 53.5 Å². The zero-order valence-electron chi connectivity index (χ0n) is 15.7. The summed E-state index contributed by atoms with van der Waals surface area (Å²) in [7, 11) is 0. The fourth-order valence-electron chi connectivity index (χ4n) is 3.95. The lowest BCUT2D eigenvalue weighted by molar-refractivity contribution is 0.0613. The number of carbonyl (C=O) groups is 1. The number of benzene rings is 1. The lowest BCUT2D eigenvalue weighted by Gasteiger charge is -2.35. The van der Waals surface area contributed by atoms with E-state index in [0.717, 1.165) is 52.3 Å². The first-order valence-corrected chi connectivity index (χ1v) is 10.3. The molecule has 136 valence electrons. The molecule has 2 aromatic heterocycles. The number of rotatable bonds is 3. The number of thiophene rings is 1. The molecule has 1 atom stereocenters. The maximum Gasteiger partial charge on any atom is 0.264 e. The minimum atomic E-state index is 0.188. The van der Waals surface area contributed by atoms with Gasteiger partial charge in [-0.3, -0.25) is 4.79 Å². The second kappa shape index (κ2) is 6.88. The third-order valence-electron chi connectivity index (χ3n) is 5.46. The highest BCUT2D eigenvalue weighted by atomic mass is 32.1. The number of hydrogen-bond donors (Lipinski definition) is 0. The third kappa shape index (κ3) is 2.84. The number of aryl methyl sites for hydroxylation is 2. The van der Waals surface area contributed by atoms with Crippen LogP contribution in [-0.4, -0.2) is 33.2 Å². The molecule has 0 spiro atoms. The molecule has 1 aliphatic rings. The van der Waals surface area contributed by atoms with Crippen LogP contribution in [0.25, 0.3) is 15.9 Å². The first-order valence-electron chi connectivity index (χ1n) is 9.46. The van der Waals surface area contributed by atoms with Crippen molar-refractivity contribution in [2.24, 2.45) is 0 Å². The molecule has 26 heavy (non-hydrogen) atoms. The Morgan fingerprint density at radius 1 is 1.27 bits per heavy atom. The van der Waals surface area contributed by atoms with Crippen molar-refractivity contribution < 1.29 is 4.79 Å². The van der Waals surface area contributed by atoms with Crippen LogP contribution in [0.2, 0.25) is 0 Å². The van der Waals surface area contributed by atoms with Crippen LogP contribution in [0, 0.1) is 13.8 Å². The minimum absolute atomic E-state index is 0.188. The SMILES string of the molecule is CC[C@@H]1CCCCN1C(=O)c1cc2c(C)nn(-c3ccccc3C)c2s1. The van der Waals surface area contributed by atoms with Crippen LogP contribution < -0.4 is 0 Å². The Morgan fingerprint density at radius 2 is 2.08 bits per heavy atom. The van der Waals surface area contributed by atoms with Crippen molar-refractivity contribution in [1.29, 1.82) is 0 Å². The molecule has 1 aliphatic heterocycles. The second-order valence-corrected chi connectivity index (χ2v) is 8.20. The monoisotopic (exact) mass is 367 g/mol. The van der Waals surface area contributed by atoms with E-state index in [1.807, 2.05) is 29.8 Å². The topological polar surface area (TPSA) is 38.1 Å². The van der Waals surface area contributed by atoms with E-state index in [4.69, 9.17) is 5.10 Å². The van der Waals surface area contributed by atoms with Gasteiger partial charge < -0.3 is 4.90 Å². The minimum Gasteiger partial charge on any atom is -0.335 e. The fraction of sp³-hybridized carbons (Fsp3) is 0.429. The predicted molar refractivity (Wildman–Crippen MR) is 107 cm³/mol. The van der Waals surface area contributed by atoms with Crippen LogP contribution in [0.4, 0.5) is 0 Å². The van der Waals surface area contributed by atoms with Gasteiger partial charge in [-0.1, -0.05) is 25.1 Å². The molecule has 4 rings (SSSR count). The maximum absolute atomic E-state index is 13.2. The molecular formula is C21H25N3OS. The molecule has 1 aromatic carbocycles. The Hall–Kier alpha value is -2.14. The van der Waals surface area contributed by atoms with Crippen molar-refractivity contribution in [1.82, 2.24) is 14.7 Å². The summed E-state index contributed by atoms with van der Waals surface area (Å²) >= 11 is 1.57. The molecule has 4 nitrogen and oxygen atoms in total. The Bertz CT molecular complexity index is 955. The number of carbonyl (C=O) groups excluding carboxylic acids is 1. The van der Waals surface area contributed by atoms with Crippen LogP contribution in [-0.2, 0) is 0 Å². The molecule has 0 saturated carbocycles. The smallest absolute Gasteiger partial charge is 0.264 e. The average molecular weight is 368 g/mol. The molecule has 0 radical (unpaired) electrons. The van der Waals surface area contributed by atoms with Crippen molar-refractivity contribution in [2.45, 2.75) is 52.5 Å². The molecule has 1 saturated heterocycles. The summed E-state index contributed by atoms with van der Waals surface area (Å²) in [5.74, 6) is 0.188. The normalized spacial score (nSPS) is 17.8. The van der Waals surface area contributed by atoms with E-state index in [0.29, 0.717) is 6.04 Å². The van der Waals surface area contributed by atoms with E-state index >= 15 is 0 Å². The lowest BCUT2D eigenvalue weighted by atomic mass is 10.00. The van der Waals surface area contributed by atoms with Gasteiger partial charge in [0.25, 0.3) is 5.91 Å². The second-order valence-electron chi connectivity index (χ2n) is 7.17. The predicted octanol–water partition coefficient (Wildman–Crippen LogP) is 5.11. The molecule has 5 heteroatoms. The van der Waals surface area contributed by atoms with Crippen molar-refractivity contribution in [3.63, 3.8) is 0 Å². The number of nitrogens with zero attached hydrogens (tertiary/aromatic N) is 3. The fourth-order valence-corrected chi connectivity index (χ4v) is 5.08. The van der Waals surface area contributed by atoms with Gasteiger partial charge in [-0.2, -0.15) is 5.10 Å². The molecular weight excluding hydrogens is 342 g/mol. The van der Waals surface area contributed by atoms with Crippen molar-refractivity contribution in [3.8, 4) is 5.69 Å². The molecule has 1 fully saturated rings. The van der Waals surface area contributed by atoms with Gasteiger partial charge in [0, 0.05) is 18.0 Å². The summed E-state index contributed by atoms with van der Waals surface area (Å²) in [4.78, 5) is 17.2. The number of piperidine rings is 1. The molecule has 0 unspecified atom stereocenters. The van der Waals surface area contributed by atoms with Crippen molar-refractivity contribution in [3.05, 3.63) is 46.5 Å². The number of likely N-dealkylation sites (tertiary alicyclic amines) is 1. The van der Waals surface area contributed by atoms with Gasteiger partial charge >= 0.3 is 0 Å². The molecule has 3 aromatic rings. The lowest BCUT2D eigenvalue weighted by Crippen LogP contribution is -2.43. The van der Waals surface area contributed by atoms with Crippen LogP contribution in [0.3, 0.4) is 0 Å². The Balaban J connectivity index is 1.75. The largest absolute Gasteiger partial charge is 0.335 e. The van der Waals surface area contributed by atoms with Crippen LogP contribution in [0.15, 0.2) is 30.3 Å². The number of para-hydroxylation sites is 1. The van der Waals surface area contributed by atoms with E-state index in [1.165, 1.54) is 12.0 Å². The summed E-state index contributed by atoms with van der Waals surface area (Å²) in [6.07, 6.45) is 4.51. The highest BCUT2D eigenvalue weighted by Gasteiger charge is 2.28. The van der Waals surface area contributed by atoms with Crippen LogP contribution >= 0.6 is 11.3 Å². The van der Waals surface area contributed by atoms with Gasteiger partial charge in [-0.05, 0) is 57.2 Å². The van der Waals surface area contributed by atoms with E-state index in [9.17, 15) is 4.79 Å². The highest BCUT2D eigenvalue weighted by Crippen LogP contribution is 2.33. The molecule has 0 bridgehead atoms. The van der Waals surface area contributed by atoms with E-state index < -0.39 is 0 Å². The Kier molecular flexibility index (Phi) is 4.57. The zero-order valence-corrected chi connectivity index (χ0v) is 16.5. The number of aromatic nitrogens is 2. The van der Waals surface area contributed by atoms with Gasteiger partial charge in [0.15, 0.2) is 0 Å². The van der Waals surface area contributed by atoms with Gasteiger partial charge in [0.05, 0.1) is 16.3 Å². The van der Waals surface area contributed by atoms with E-state index in [-0.39, 0.29) is 5.91 Å². The van der Waals surface area contributed by atoms with Crippen LogP contribution in [0.5, 0.6) is 0 Å². The third-order valence-corrected chi connectivity index (χ3v) is 6.56. The highest BCUT2D eigenvalue weighted by molar-refractivity contribution is 7.20. The van der Waals surface area contributed by atoms with Gasteiger partial charge in [-0.25, -0.2) is 4.68 Å². The molecule has 0 N–H and O–H groups in total. The quantitative estimate of drug-likeness (QED) is 0.645. The number of hydrogen-bond acceptors (Lipinski definition) is 3. The Morgan fingerprint density at radius 3 is 2.85 bits per heavy atom.